The Labute approximate surface area is 212 Å². The fourth-order valence-corrected chi connectivity index (χ4v) is 3.80. The van der Waals surface area contributed by atoms with Crippen molar-refractivity contribution < 1.29 is 55.3 Å². The first-order valence-corrected chi connectivity index (χ1v) is 10.9. The molecule has 2 aliphatic rings. The van der Waals surface area contributed by atoms with Gasteiger partial charge in [-0.3, -0.25) is 14.6 Å². The van der Waals surface area contributed by atoms with Gasteiger partial charge in [0.05, 0.1) is 6.07 Å². The number of amides is 1. The maximum atomic E-state index is 13.0. The molecule has 0 aliphatic carbocycles. The Morgan fingerprint density at radius 1 is 0.947 bits per heavy atom. The van der Waals surface area contributed by atoms with Gasteiger partial charge in [0.25, 0.3) is 0 Å². The molecule has 0 bridgehead atoms. The minimum atomic E-state index is -5.08. The second-order valence-corrected chi connectivity index (χ2v) is 8.35. The molecule has 38 heavy (non-hydrogen) atoms. The van der Waals surface area contributed by atoms with Crippen molar-refractivity contribution >= 4 is 17.8 Å². The van der Waals surface area contributed by atoms with E-state index in [1.54, 1.807) is 4.90 Å². The third-order valence-corrected chi connectivity index (χ3v) is 5.87. The quantitative estimate of drug-likeness (QED) is 0.429. The van der Waals surface area contributed by atoms with Gasteiger partial charge in [0.2, 0.25) is 5.91 Å². The number of rotatable bonds is 3. The van der Waals surface area contributed by atoms with E-state index in [0.29, 0.717) is 6.54 Å². The van der Waals surface area contributed by atoms with Crippen LogP contribution in [0.15, 0.2) is 24.3 Å². The smallest absolute Gasteiger partial charge is 0.475 e. The van der Waals surface area contributed by atoms with E-state index in [9.17, 15) is 35.5 Å². The molecule has 16 heteroatoms. The van der Waals surface area contributed by atoms with Gasteiger partial charge in [0.15, 0.2) is 0 Å². The van der Waals surface area contributed by atoms with Crippen LogP contribution in [0.2, 0.25) is 0 Å². The molecule has 3 rings (SSSR count). The van der Waals surface area contributed by atoms with Crippen molar-refractivity contribution in [2.45, 2.75) is 37.3 Å². The van der Waals surface area contributed by atoms with Crippen LogP contribution >= 0.6 is 0 Å². The molecular formula is C22H25F7N4O5. The molecule has 2 N–H and O–H groups in total. The number of carboxylic acids is 2. The normalized spacial score (nSPS) is 18.0. The number of carboxylic acid groups (broad SMARTS) is 2. The van der Waals surface area contributed by atoms with Crippen molar-refractivity contribution in [2.24, 2.45) is 0 Å². The summed E-state index contributed by atoms with van der Waals surface area (Å²) in [7, 11) is 2.01. The Balaban J connectivity index is 0.000000426. The molecule has 212 valence electrons. The summed E-state index contributed by atoms with van der Waals surface area (Å²) in [4.78, 5) is 36.8. The summed E-state index contributed by atoms with van der Waals surface area (Å²) < 4.78 is 76.5. The number of alkyl halides is 6. The zero-order valence-corrected chi connectivity index (χ0v) is 20.0. The minimum Gasteiger partial charge on any atom is -0.475 e. The second-order valence-electron chi connectivity index (χ2n) is 8.35. The van der Waals surface area contributed by atoms with Crippen LogP contribution in [0.25, 0.3) is 0 Å². The molecule has 2 heterocycles. The van der Waals surface area contributed by atoms with Gasteiger partial charge in [-0.2, -0.15) is 31.6 Å². The van der Waals surface area contributed by atoms with E-state index in [1.807, 2.05) is 19.2 Å². The largest absolute Gasteiger partial charge is 0.490 e. The van der Waals surface area contributed by atoms with Gasteiger partial charge < -0.3 is 15.1 Å². The van der Waals surface area contributed by atoms with E-state index in [-0.39, 0.29) is 18.3 Å². The first-order valence-electron chi connectivity index (χ1n) is 10.9. The van der Waals surface area contributed by atoms with E-state index in [0.717, 1.165) is 44.6 Å². The molecule has 1 aromatic rings. The van der Waals surface area contributed by atoms with Crippen LogP contribution < -0.4 is 0 Å². The Morgan fingerprint density at radius 3 is 1.79 bits per heavy atom. The summed E-state index contributed by atoms with van der Waals surface area (Å²) in [5, 5.41) is 23.2. The fourth-order valence-electron chi connectivity index (χ4n) is 3.80. The minimum absolute atomic E-state index is 0.0965. The second kappa shape index (κ2) is 13.4. The van der Waals surface area contributed by atoms with Crippen LogP contribution in [0, 0.1) is 17.1 Å². The van der Waals surface area contributed by atoms with Crippen LogP contribution in [-0.4, -0.2) is 100 Å². The van der Waals surface area contributed by atoms with Crippen LogP contribution in [0.4, 0.5) is 30.7 Å². The number of nitriles is 1. The SMILES string of the molecule is CN1CCN(CC#N)C(=O)C12CCN(Cc1ccc(F)cc1)CC2.O=C(O)C(F)(F)F.O=C(O)C(F)(F)F. The highest BCUT2D eigenvalue weighted by atomic mass is 19.4. The molecule has 1 aromatic carbocycles. The van der Waals surface area contributed by atoms with E-state index < -0.39 is 29.8 Å². The van der Waals surface area contributed by atoms with Crippen LogP contribution in [0.5, 0.6) is 0 Å². The monoisotopic (exact) mass is 558 g/mol. The van der Waals surface area contributed by atoms with E-state index in [4.69, 9.17) is 25.1 Å². The standard InChI is InChI=1S/C18H23FN4O.2C2HF3O2/c1-21-12-13-23(11-8-20)17(24)18(21)6-9-22(10-7-18)14-15-2-4-16(19)5-3-15;2*3-2(4,5)1(6)7/h2-5H,6-7,9-14H2,1H3;2*(H,6,7). The lowest BCUT2D eigenvalue weighted by Gasteiger charge is -2.51. The molecule has 0 saturated carbocycles. The zero-order chi connectivity index (χ0) is 29.3. The highest BCUT2D eigenvalue weighted by molar-refractivity contribution is 5.87. The average Bonchev–Trinajstić information content (AvgIpc) is 2.82. The lowest BCUT2D eigenvalue weighted by molar-refractivity contribution is -0.193. The maximum Gasteiger partial charge on any atom is 0.490 e. The van der Waals surface area contributed by atoms with Gasteiger partial charge in [0, 0.05) is 32.7 Å². The molecule has 0 radical (unpaired) electrons. The summed E-state index contributed by atoms with van der Waals surface area (Å²) in [5.41, 5.74) is 0.621. The Hall–Kier alpha value is -3.45. The third-order valence-electron chi connectivity index (χ3n) is 5.87. The van der Waals surface area contributed by atoms with E-state index in [2.05, 4.69) is 15.9 Å². The van der Waals surface area contributed by atoms with Crippen molar-refractivity contribution in [1.82, 2.24) is 14.7 Å². The molecule has 2 aliphatic heterocycles. The molecule has 1 spiro atoms. The molecule has 1 amide bonds. The van der Waals surface area contributed by atoms with Crippen molar-refractivity contribution in [1.29, 1.82) is 5.26 Å². The van der Waals surface area contributed by atoms with E-state index >= 15 is 0 Å². The van der Waals surface area contributed by atoms with Gasteiger partial charge in [-0.15, -0.1) is 0 Å². The van der Waals surface area contributed by atoms with Crippen LogP contribution in [0.3, 0.4) is 0 Å². The molecule has 9 nitrogen and oxygen atoms in total. The molecule has 0 aromatic heterocycles. The van der Waals surface area contributed by atoms with Gasteiger partial charge in [-0.1, -0.05) is 12.1 Å². The number of carbonyl (C=O) groups is 3. The first-order chi connectivity index (χ1) is 17.4. The molecule has 0 unspecified atom stereocenters. The van der Waals surface area contributed by atoms with Gasteiger partial charge in [-0.05, 0) is 37.6 Å². The van der Waals surface area contributed by atoms with Gasteiger partial charge >= 0.3 is 24.3 Å². The van der Waals surface area contributed by atoms with Crippen LogP contribution in [-0.2, 0) is 20.9 Å². The highest BCUT2D eigenvalue weighted by Gasteiger charge is 2.49. The Bertz CT molecular complexity index is 977. The topological polar surface area (TPSA) is 125 Å². The third kappa shape index (κ3) is 9.45. The number of likely N-dealkylation sites (N-methyl/N-ethyl adjacent to an activating group) is 1. The molecule has 2 fully saturated rings. The van der Waals surface area contributed by atoms with Crippen molar-refractivity contribution in [3.05, 3.63) is 35.6 Å². The predicted octanol–water partition coefficient (Wildman–Crippen LogP) is 2.72. The van der Waals surface area contributed by atoms with Crippen molar-refractivity contribution in [3.63, 3.8) is 0 Å². The predicted molar refractivity (Wildman–Crippen MR) is 116 cm³/mol. The molecular weight excluding hydrogens is 533 g/mol. The number of carbonyl (C=O) groups excluding carboxylic acids is 1. The summed E-state index contributed by atoms with van der Waals surface area (Å²) in [5.74, 6) is -5.64. The number of likely N-dealkylation sites (tertiary alicyclic amines) is 1. The van der Waals surface area contributed by atoms with Gasteiger partial charge in [0.1, 0.15) is 17.9 Å². The lowest BCUT2D eigenvalue weighted by Crippen LogP contribution is -2.67. The van der Waals surface area contributed by atoms with Crippen molar-refractivity contribution in [3.8, 4) is 6.07 Å². The Morgan fingerprint density at radius 2 is 1.39 bits per heavy atom. The zero-order valence-electron chi connectivity index (χ0n) is 20.0. The molecule has 2 saturated heterocycles. The number of piperidine rings is 1. The van der Waals surface area contributed by atoms with E-state index in [1.165, 1.54) is 12.1 Å². The summed E-state index contributed by atoms with van der Waals surface area (Å²) in [6.07, 6.45) is -8.63. The average molecular weight is 558 g/mol. The number of aliphatic carboxylic acids is 2. The number of benzene rings is 1. The highest BCUT2D eigenvalue weighted by Crippen LogP contribution is 2.33. The summed E-state index contributed by atoms with van der Waals surface area (Å²) >= 11 is 0. The number of halogens is 7. The lowest BCUT2D eigenvalue weighted by atomic mass is 9.82. The Kier molecular flexibility index (Phi) is 11.5. The molecule has 0 atom stereocenters. The summed E-state index contributed by atoms with van der Waals surface area (Å²) in [6.45, 7) is 4.04. The number of piperazine rings is 1. The van der Waals surface area contributed by atoms with Gasteiger partial charge in [-0.25, -0.2) is 14.0 Å². The summed E-state index contributed by atoms with van der Waals surface area (Å²) in [6, 6.07) is 8.69. The number of hydrogen-bond acceptors (Lipinski definition) is 6. The first kappa shape index (κ1) is 32.6. The number of nitrogens with zero attached hydrogens (tertiary/aromatic N) is 4. The maximum absolute atomic E-state index is 13.0. The van der Waals surface area contributed by atoms with Crippen molar-refractivity contribution in [2.75, 3.05) is 39.8 Å². The van der Waals surface area contributed by atoms with Crippen LogP contribution in [0.1, 0.15) is 18.4 Å². The number of hydrogen-bond donors (Lipinski definition) is 2. The fraction of sp³-hybridized carbons (Fsp3) is 0.545.